The Morgan fingerprint density at radius 1 is 0.388 bits per heavy atom. The Hall–Kier alpha value is -9.87. The van der Waals surface area contributed by atoms with Gasteiger partial charge in [-0.25, -0.2) is 29.9 Å². The van der Waals surface area contributed by atoms with Crippen molar-refractivity contribution in [3.8, 4) is 0 Å². The standard InChI is InChI=1S/C12H15N.2C10H13N3.C8H13NO.C8H13N.2C7H12N2.2C6H11N3.C5H10N4/c1-12(2,3)11-8-9-6-4-5-7-10(9)13-11;1-10(2,3)9-4-7-8(13-9)5-11-6-12-7;1-10(2,3)8-4-7-5-11-6-12-9(7)13-8;1-8(2,3)7-6-10-5-4-9-7;1-8(2,3)7-5-4-6-9-7;1-7(2,3)6-8-4-5-9-6;1-7(2,3)6-4-5-8-9-6;1-6(2,3)5-7-4-8-9-5;1-6(2,3)5-4-7-9-8-5;1-5(2,3)4-6-8-9-7-4/h4-8,13H,1-3H3;4-6,13H,1-3H3;4-6H,1-3H3,(H,11,12,13);4-6,9H,1-3H3;4-6,9H,1-3H3;2*4-5H,1-3H3,(H,8,9);2*4H,1-3H3,(H,7,8,9);1-3H3,(H,6,7,8,9). The minimum absolute atomic E-state index is 0.00694. The molecule has 24 nitrogen and oxygen atoms in total. The van der Waals surface area contributed by atoms with Crippen molar-refractivity contribution in [3.63, 3.8) is 0 Å². The lowest BCUT2D eigenvalue weighted by Gasteiger charge is -2.23. The van der Waals surface area contributed by atoms with E-state index in [1.807, 2.05) is 51.5 Å². The van der Waals surface area contributed by atoms with Crippen molar-refractivity contribution in [2.24, 2.45) is 5.41 Å². The Morgan fingerprint density at radius 2 is 0.981 bits per heavy atom. The first-order valence-corrected chi connectivity index (χ1v) is 35.0. The Kier molecular flexibility index (Phi) is 30.2. The summed E-state index contributed by atoms with van der Waals surface area (Å²) in [6.45, 7) is 64.2. The van der Waals surface area contributed by atoms with Crippen LogP contribution in [-0.4, -0.2) is 111 Å². The number of tetrazole rings is 1. The van der Waals surface area contributed by atoms with Crippen LogP contribution < -0.4 is 5.32 Å². The first kappa shape index (κ1) is 85.5. The third-order valence-corrected chi connectivity index (χ3v) is 15.2. The summed E-state index contributed by atoms with van der Waals surface area (Å²) >= 11 is 0. The predicted molar refractivity (Wildman–Crippen MR) is 420 cm³/mol. The van der Waals surface area contributed by atoms with Gasteiger partial charge >= 0.3 is 0 Å². The number of ether oxygens (including phenoxy) is 1. The molecule has 0 fully saturated rings. The van der Waals surface area contributed by atoms with Crippen LogP contribution in [0.3, 0.4) is 0 Å². The second-order valence-corrected chi connectivity index (χ2v) is 35.3. The zero-order valence-corrected chi connectivity index (χ0v) is 67.5. The molecule has 24 heteroatoms. The number of rotatable bonds is 0. The van der Waals surface area contributed by atoms with Gasteiger partial charge in [-0.3, -0.25) is 10.2 Å². The van der Waals surface area contributed by atoms with Crippen LogP contribution in [0.1, 0.15) is 259 Å². The molecule has 10 N–H and O–H groups in total. The van der Waals surface area contributed by atoms with Crippen LogP contribution in [0.2, 0.25) is 0 Å². The van der Waals surface area contributed by atoms with E-state index in [0.29, 0.717) is 0 Å². The average Bonchev–Trinajstić information content (AvgIpc) is 1.68. The first-order valence-electron chi connectivity index (χ1n) is 35.0. The molecule has 11 aromatic heterocycles. The van der Waals surface area contributed by atoms with Crippen molar-refractivity contribution in [2.45, 2.75) is 256 Å². The van der Waals surface area contributed by atoms with E-state index < -0.39 is 0 Å². The Bertz CT molecular complexity index is 3640. The lowest BCUT2D eigenvalue weighted by molar-refractivity contribution is 0.350. The quantitative estimate of drug-likeness (QED) is 0.0675. The molecule has 0 radical (unpaired) electrons. The lowest BCUT2D eigenvalue weighted by atomic mass is 9.92. The number of benzene rings is 1. The van der Waals surface area contributed by atoms with Gasteiger partial charge in [-0.1, -0.05) is 231 Å². The van der Waals surface area contributed by atoms with E-state index in [2.05, 4.69) is 352 Å². The molecule has 1 aliphatic heterocycles. The maximum atomic E-state index is 5.00. The van der Waals surface area contributed by atoms with Gasteiger partial charge in [0.05, 0.1) is 34.8 Å². The largest absolute Gasteiger partial charge is 0.469 e. The van der Waals surface area contributed by atoms with Gasteiger partial charge in [-0.2, -0.15) is 30.8 Å². The molecule has 0 saturated carbocycles. The van der Waals surface area contributed by atoms with E-state index >= 15 is 0 Å². The molecule has 0 amide bonds. The molecule has 0 bridgehead atoms. The maximum absolute atomic E-state index is 5.00. The van der Waals surface area contributed by atoms with E-state index in [4.69, 9.17) is 4.74 Å². The van der Waals surface area contributed by atoms with Crippen LogP contribution >= 0.6 is 0 Å². The summed E-state index contributed by atoms with van der Waals surface area (Å²) < 4.78 is 5.00. The summed E-state index contributed by atoms with van der Waals surface area (Å²) in [7, 11) is 0. The molecule has 103 heavy (non-hydrogen) atoms. The number of aromatic nitrogens is 22. The summed E-state index contributed by atoms with van der Waals surface area (Å²) in [5.41, 5.74) is 13.9. The zero-order valence-electron chi connectivity index (χ0n) is 67.5. The molecule has 13 rings (SSSR count). The highest BCUT2D eigenvalue weighted by Gasteiger charge is 2.23. The van der Waals surface area contributed by atoms with Crippen LogP contribution in [0.4, 0.5) is 0 Å². The Balaban J connectivity index is 0.000000244. The highest BCUT2D eigenvalue weighted by Crippen LogP contribution is 2.29. The first-order chi connectivity index (χ1) is 47.5. The van der Waals surface area contributed by atoms with Gasteiger partial charge in [0, 0.05) is 131 Å². The summed E-state index contributed by atoms with van der Waals surface area (Å²) in [5.74, 6) is 2.73. The van der Waals surface area contributed by atoms with Crippen LogP contribution in [0.15, 0.2) is 147 Å². The van der Waals surface area contributed by atoms with Gasteiger partial charge in [0.2, 0.25) is 0 Å². The predicted octanol–water partition coefficient (Wildman–Crippen LogP) is 18.4. The normalized spacial score (nSPS) is 12.5. The number of aromatic amines is 9. The van der Waals surface area contributed by atoms with E-state index in [1.54, 1.807) is 56.2 Å². The molecule has 0 atom stereocenters. The summed E-state index contributed by atoms with van der Waals surface area (Å²) in [6.07, 6.45) is 22.6. The van der Waals surface area contributed by atoms with Gasteiger partial charge in [-0.15, -0.1) is 10.2 Å². The number of hydrogen-bond donors (Lipinski definition) is 10. The minimum Gasteiger partial charge on any atom is -0.469 e. The summed E-state index contributed by atoms with van der Waals surface area (Å²) in [4.78, 5) is 40.7. The fourth-order valence-electron chi connectivity index (χ4n) is 8.48. The molecular formula is C79H123N23O. The molecule has 12 aromatic rings. The molecule has 560 valence electrons. The third-order valence-electron chi connectivity index (χ3n) is 15.2. The molecule has 12 heterocycles. The number of H-pyrrole nitrogens is 9. The number of para-hydroxylation sites is 1. The summed E-state index contributed by atoms with van der Waals surface area (Å²) in [5, 5.41) is 42.6. The second kappa shape index (κ2) is 36.3. The summed E-state index contributed by atoms with van der Waals surface area (Å²) in [6, 6.07) is 20.9. The number of hydrogen-bond acceptors (Lipinski definition) is 15. The molecule has 1 aliphatic rings. The number of allylic oxidation sites excluding steroid dienone is 1. The monoisotopic (exact) mass is 1410 g/mol. The highest BCUT2D eigenvalue weighted by molar-refractivity contribution is 5.80. The van der Waals surface area contributed by atoms with Crippen molar-refractivity contribution in [1.29, 1.82) is 0 Å². The van der Waals surface area contributed by atoms with Crippen LogP contribution in [0.5, 0.6) is 0 Å². The molecular weight excluding hydrogens is 1290 g/mol. The fourth-order valence-corrected chi connectivity index (χ4v) is 8.48. The topological polar surface area (TPSA) is 331 Å². The van der Waals surface area contributed by atoms with Gasteiger partial charge in [-0.05, 0) is 47.9 Å². The molecule has 0 aliphatic carbocycles. The average molecular weight is 1410 g/mol. The fraction of sp³-hybridized carbons (Fsp3) is 0.506. The number of nitrogens with one attached hydrogen (secondary N) is 10. The van der Waals surface area contributed by atoms with Crippen molar-refractivity contribution in [2.75, 3.05) is 0 Å². The van der Waals surface area contributed by atoms with Gasteiger partial charge in [0.25, 0.3) is 0 Å². The molecule has 0 unspecified atom stereocenters. The number of fused-ring (bicyclic) bond motifs is 3. The minimum atomic E-state index is 0.00694. The second-order valence-electron chi connectivity index (χ2n) is 35.3. The lowest BCUT2D eigenvalue weighted by Crippen LogP contribution is -2.22. The Morgan fingerprint density at radius 3 is 1.36 bits per heavy atom. The van der Waals surface area contributed by atoms with Crippen molar-refractivity contribution < 1.29 is 4.74 Å². The Labute approximate surface area is 612 Å². The van der Waals surface area contributed by atoms with Crippen LogP contribution in [0.25, 0.3) is 33.0 Å². The molecule has 0 saturated heterocycles. The maximum Gasteiger partial charge on any atom is 0.179 e. The number of nitrogens with zero attached hydrogens (tertiary/aromatic N) is 13. The van der Waals surface area contributed by atoms with Crippen molar-refractivity contribution in [3.05, 3.63) is 199 Å². The van der Waals surface area contributed by atoms with Crippen molar-refractivity contribution >= 4 is 33.0 Å². The third kappa shape index (κ3) is 30.3. The SMILES string of the molecule is CC(C)(C)C1=COC=CN1.CC(C)(C)c1cc2ccccc2[nH]1.CC(C)(C)c1cc2cncnc2[nH]1.CC(C)(C)c1cc2ncncc2[nH]1.CC(C)(C)c1ccc[nH]1.CC(C)(C)c1ccn[nH]1.CC(C)(C)c1cn[nH]n1.CC(C)(C)c1ncc[nH]1.CC(C)(C)c1ncn[nH]1.CC(C)(C)c1nn[nH]n1. The van der Waals surface area contributed by atoms with E-state index in [9.17, 15) is 0 Å². The van der Waals surface area contributed by atoms with Crippen molar-refractivity contribution in [1.82, 2.24) is 117 Å². The van der Waals surface area contributed by atoms with E-state index in [0.717, 1.165) is 50.9 Å². The van der Waals surface area contributed by atoms with E-state index in [1.165, 1.54) is 45.7 Å². The zero-order chi connectivity index (χ0) is 77.5. The van der Waals surface area contributed by atoms with Crippen LogP contribution in [-0.2, 0) is 53.5 Å². The molecule has 1 aromatic carbocycles. The van der Waals surface area contributed by atoms with Gasteiger partial charge in [0.15, 0.2) is 5.82 Å². The molecule has 0 spiro atoms. The van der Waals surface area contributed by atoms with E-state index in [-0.39, 0.29) is 54.1 Å². The van der Waals surface area contributed by atoms with Gasteiger partial charge in [0.1, 0.15) is 48.8 Å². The van der Waals surface area contributed by atoms with Gasteiger partial charge < -0.3 is 35.0 Å². The smallest absolute Gasteiger partial charge is 0.179 e. The van der Waals surface area contributed by atoms with Crippen LogP contribution in [0, 0.1) is 5.41 Å². The highest BCUT2D eigenvalue weighted by atomic mass is 16.5. The number of imidazole rings is 1.